The maximum atomic E-state index is 12.6. The van der Waals surface area contributed by atoms with E-state index in [9.17, 15) is 19.8 Å². The third-order valence-corrected chi connectivity index (χ3v) is 11.1. The highest BCUT2D eigenvalue weighted by molar-refractivity contribution is 5.68. The minimum atomic E-state index is -0.731. The zero-order valence-electron chi connectivity index (χ0n) is 21.4. The van der Waals surface area contributed by atoms with Gasteiger partial charge in [-0.05, 0) is 98.7 Å². The molecule has 6 rings (SSSR count). The Morgan fingerprint density at radius 2 is 1.92 bits per heavy atom. The van der Waals surface area contributed by atoms with Crippen molar-refractivity contribution >= 4 is 6.09 Å². The average molecular weight is 498 g/mol. The number of ether oxygens (including phenoxy) is 1. The predicted molar refractivity (Wildman–Crippen MR) is 133 cm³/mol. The summed E-state index contributed by atoms with van der Waals surface area (Å²) in [6.45, 7) is 5.54. The molecule has 1 aromatic heterocycles. The van der Waals surface area contributed by atoms with Gasteiger partial charge in [-0.2, -0.15) is 0 Å². The highest BCUT2D eigenvalue weighted by Gasteiger charge is 2.66. The second-order valence-corrected chi connectivity index (χ2v) is 12.6. The van der Waals surface area contributed by atoms with Crippen molar-refractivity contribution < 1.29 is 24.2 Å². The SMILES string of the molecule is C[C@]12CC[C@H](OC(=O)N3CC[C@@H](O)C3)C=C1CC[C@@H]1[C@@H]2CC[C@]2(C)[C@@H](c3ccc(=O)oc3)CC[C@]12O. The number of fused-ring (bicyclic) bond motifs is 5. The number of hydrogen-bond acceptors (Lipinski definition) is 6. The number of nitrogens with zero attached hydrogens (tertiary/aromatic N) is 1. The van der Waals surface area contributed by atoms with Crippen molar-refractivity contribution in [1.29, 1.82) is 0 Å². The molecule has 1 aliphatic heterocycles. The molecule has 1 amide bonds. The van der Waals surface area contributed by atoms with Crippen LogP contribution in [0.5, 0.6) is 0 Å². The van der Waals surface area contributed by atoms with Crippen LogP contribution in [0.15, 0.2) is 39.3 Å². The van der Waals surface area contributed by atoms with E-state index in [4.69, 9.17) is 9.15 Å². The number of amides is 1. The predicted octanol–water partition coefficient (Wildman–Crippen LogP) is 4.37. The lowest BCUT2D eigenvalue weighted by atomic mass is 9.45. The van der Waals surface area contributed by atoms with Gasteiger partial charge in [0.05, 0.1) is 18.0 Å². The first-order valence-corrected chi connectivity index (χ1v) is 13.8. The number of aliphatic hydroxyl groups excluding tert-OH is 1. The average Bonchev–Trinajstić information content (AvgIpc) is 3.41. The number of hydrogen-bond donors (Lipinski definition) is 2. The summed E-state index contributed by atoms with van der Waals surface area (Å²) in [5.41, 5.74) is 1.14. The van der Waals surface area contributed by atoms with Crippen molar-refractivity contribution in [2.24, 2.45) is 22.7 Å². The first-order chi connectivity index (χ1) is 17.1. The summed E-state index contributed by atoms with van der Waals surface area (Å²) in [7, 11) is 0. The quantitative estimate of drug-likeness (QED) is 0.589. The van der Waals surface area contributed by atoms with Crippen LogP contribution in [0.4, 0.5) is 4.79 Å². The number of carbonyl (C=O) groups excluding carboxylic acids is 1. The van der Waals surface area contributed by atoms with Crippen LogP contribution in [0.1, 0.15) is 83.1 Å². The fourth-order valence-electron chi connectivity index (χ4n) is 8.97. The van der Waals surface area contributed by atoms with Gasteiger partial charge in [0.25, 0.3) is 0 Å². The third-order valence-electron chi connectivity index (χ3n) is 11.1. The summed E-state index contributed by atoms with van der Waals surface area (Å²) >= 11 is 0. The molecule has 196 valence electrons. The molecular formula is C29H39NO6. The number of allylic oxidation sites excluding steroid dienone is 1. The van der Waals surface area contributed by atoms with Gasteiger partial charge in [0.2, 0.25) is 0 Å². The number of likely N-dealkylation sites (tertiary alicyclic amines) is 1. The fourth-order valence-corrected chi connectivity index (χ4v) is 8.97. The molecule has 0 spiro atoms. The molecule has 7 nitrogen and oxygen atoms in total. The summed E-state index contributed by atoms with van der Waals surface area (Å²) in [5, 5.41) is 22.1. The molecule has 8 atom stereocenters. The molecule has 4 aliphatic carbocycles. The molecule has 0 radical (unpaired) electrons. The van der Waals surface area contributed by atoms with E-state index in [2.05, 4.69) is 19.9 Å². The van der Waals surface area contributed by atoms with Crippen molar-refractivity contribution in [3.05, 3.63) is 46.0 Å². The molecular weight excluding hydrogens is 458 g/mol. The van der Waals surface area contributed by atoms with E-state index >= 15 is 0 Å². The van der Waals surface area contributed by atoms with Crippen LogP contribution in [0.25, 0.3) is 0 Å². The maximum Gasteiger partial charge on any atom is 0.410 e. The molecule has 0 unspecified atom stereocenters. The Hall–Kier alpha value is -2.12. The summed E-state index contributed by atoms with van der Waals surface area (Å²) in [5.74, 6) is 0.842. The van der Waals surface area contributed by atoms with Gasteiger partial charge in [-0.3, -0.25) is 0 Å². The molecule has 5 aliphatic rings. The first-order valence-electron chi connectivity index (χ1n) is 13.8. The highest BCUT2D eigenvalue weighted by atomic mass is 16.6. The van der Waals surface area contributed by atoms with Crippen LogP contribution in [-0.4, -0.2) is 52.1 Å². The molecule has 1 saturated heterocycles. The Labute approximate surface area is 212 Å². The van der Waals surface area contributed by atoms with Gasteiger partial charge in [0, 0.05) is 24.6 Å². The largest absolute Gasteiger partial charge is 0.442 e. The molecule has 7 heteroatoms. The van der Waals surface area contributed by atoms with Crippen LogP contribution in [-0.2, 0) is 4.74 Å². The topological polar surface area (TPSA) is 100 Å². The Bertz CT molecular complexity index is 1110. The van der Waals surface area contributed by atoms with E-state index in [-0.39, 0.29) is 40.5 Å². The van der Waals surface area contributed by atoms with Gasteiger partial charge >= 0.3 is 11.7 Å². The van der Waals surface area contributed by atoms with Crippen molar-refractivity contribution in [2.45, 2.75) is 95.4 Å². The zero-order chi connectivity index (χ0) is 25.3. The third kappa shape index (κ3) is 3.52. The van der Waals surface area contributed by atoms with Gasteiger partial charge in [-0.1, -0.05) is 19.4 Å². The zero-order valence-corrected chi connectivity index (χ0v) is 21.4. The van der Waals surface area contributed by atoms with E-state index in [1.807, 2.05) is 6.07 Å². The van der Waals surface area contributed by atoms with Crippen molar-refractivity contribution in [2.75, 3.05) is 13.1 Å². The lowest BCUT2D eigenvalue weighted by molar-refractivity contribution is -0.178. The van der Waals surface area contributed by atoms with Gasteiger partial charge < -0.3 is 24.3 Å². The summed E-state index contributed by atoms with van der Waals surface area (Å²) < 4.78 is 11.1. The molecule has 1 aromatic rings. The van der Waals surface area contributed by atoms with Crippen LogP contribution >= 0.6 is 0 Å². The lowest BCUT2D eigenvalue weighted by Gasteiger charge is -2.61. The van der Waals surface area contributed by atoms with E-state index in [1.54, 1.807) is 11.2 Å². The first kappa shape index (κ1) is 24.2. The van der Waals surface area contributed by atoms with E-state index in [0.717, 1.165) is 56.9 Å². The normalized spacial score (nSPS) is 43.8. The molecule has 3 saturated carbocycles. The molecule has 36 heavy (non-hydrogen) atoms. The van der Waals surface area contributed by atoms with E-state index in [0.29, 0.717) is 25.4 Å². The smallest absolute Gasteiger partial charge is 0.410 e. The maximum absolute atomic E-state index is 12.6. The summed E-state index contributed by atoms with van der Waals surface area (Å²) in [6, 6.07) is 3.38. The van der Waals surface area contributed by atoms with Crippen LogP contribution in [0.2, 0.25) is 0 Å². The number of aliphatic hydroxyl groups is 2. The lowest BCUT2D eigenvalue weighted by Crippen LogP contribution is -2.60. The van der Waals surface area contributed by atoms with Gasteiger partial charge in [-0.15, -0.1) is 0 Å². The van der Waals surface area contributed by atoms with Crippen LogP contribution in [0.3, 0.4) is 0 Å². The van der Waals surface area contributed by atoms with E-state index in [1.165, 1.54) is 11.6 Å². The standard InChI is InChI=1S/C29H39NO6/c1-27-11-7-21(36-26(33)30-14-10-20(31)16-30)15-19(27)4-5-24-23(27)8-12-28(2)22(9-13-29(24,28)34)18-3-6-25(32)35-17-18/h3,6,15,17,20-24,31,34H,4-5,7-14,16H2,1-2H3/t20-,21+,22-,23+,24-,27+,28-,29+/m1/s1. The van der Waals surface area contributed by atoms with Crippen LogP contribution in [0, 0.1) is 22.7 Å². The van der Waals surface area contributed by atoms with Crippen molar-refractivity contribution in [3.8, 4) is 0 Å². The minimum Gasteiger partial charge on any atom is -0.442 e. The van der Waals surface area contributed by atoms with Gasteiger partial charge in [0.15, 0.2) is 0 Å². The number of rotatable bonds is 2. The van der Waals surface area contributed by atoms with Gasteiger partial charge in [-0.25, -0.2) is 9.59 Å². The molecule has 0 aromatic carbocycles. The molecule has 2 N–H and O–H groups in total. The Balaban J connectivity index is 1.21. The Kier molecular flexibility index (Phi) is 5.69. The fraction of sp³-hybridized carbons (Fsp3) is 0.724. The Morgan fingerprint density at radius 3 is 2.64 bits per heavy atom. The number of β-amino-alcohol motifs (C(OH)–C–C–N with tert-alkyl or cyclic N) is 1. The molecule has 2 heterocycles. The summed E-state index contributed by atoms with van der Waals surface area (Å²) in [4.78, 5) is 25.7. The highest BCUT2D eigenvalue weighted by Crippen LogP contribution is 2.70. The molecule has 0 bridgehead atoms. The second kappa shape index (κ2) is 8.45. The molecule has 4 fully saturated rings. The monoisotopic (exact) mass is 497 g/mol. The van der Waals surface area contributed by atoms with Crippen molar-refractivity contribution in [3.63, 3.8) is 0 Å². The van der Waals surface area contributed by atoms with Crippen molar-refractivity contribution in [1.82, 2.24) is 4.90 Å². The van der Waals surface area contributed by atoms with E-state index < -0.39 is 11.7 Å². The van der Waals surface area contributed by atoms with Gasteiger partial charge in [0.1, 0.15) is 6.10 Å². The number of carbonyl (C=O) groups is 1. The minimum absolute atomic E-state index is 0.0182. The Morgan fingerprint density at radius 1 is 1.08 bits per heavy atom. The van der Waals surface area contributed by atoms with Crippen LogP contribution < -0.4 is 5.63 Å². The second-order valence-electron chi connectivity index (χ2n) is 12.6. The summed E-state index contributed by atoms with van der Waals surface area (Å²) in [6.07, 6.45) is 10.8.